The van der Waals surface area contributed by atoms with Crippen LogP contribution in [0.4, 0.5) is 5.69 Å². The zero-order valence-electron chi connectivity index (χ0n) is 9.58. The van der Waals surface area contributed by atoms with Gasteiger partial charge in [0.15, 0.2) is 0 Å². The topological polar surface area (TPSA) is 26.0 Å². The minimum Gasteiger partial charge on any atom is -0.398 e. The Kier molecular flexibility index (Phi) is 4.20. The van der Waals surface area contributed by atoms with Crippen LogP contribution in [0.15, 0.2) is 27.6 Å². The van der Waals surface area contributed by atoms with E-state index in [4.69, 9.17) is 5.73 Å². The van der Waals surface area contributed by atoms with E-state index in [1.165, 1.54) is 30.6 Å². The number of benzene rings is 1. The average molecular weight is 300 g/mol. The van der Waals surface area contributed by atoms with E-state index in [1.54, 1.807) is 0 Å². The molecule has 1 saturated carbocycles. The number of nitrogens with two attached hydrogens (primary N) is 1. The molecule has 88 valence electrons. The van der Waals surface area contributed by atoms with Gasteiger partial charge in [0.2, 0.25) is 0 Å². The lowest BCUT2D eigenvalue weighted by Crippen LogP contribution is -2.14. The Bertz CT molecular complexity index is 359. The lowest BCUT2D eigenvalue weighted by molar-refractivity contribution is 0.393. The van der Waals surface area contributed by atoms with Gasteiger partial charge in [-0.2, -0.15) is 0 Å². The third-order valence-electron chi connectivity index (χ3n) is 3.23. The molecule has 0 heterocycles. The first-order valence-electron chi connectivity index (χ1n) is 5.87. The molecule has 0 spiro atoms. The predicted molar refractivity (Wildman–Crippen MR) is 75.8 cm³/mol. The van der Waals surface area contributed by atoms with Crippen molar-refractivity contribution in [3.63, 3.8) is 0 Å². The molecule has 1 aromatic rings. The lowest BCUT2D eigenvalue weighted by Gasteiger charge is -2.26. The molecule has 0 atom stereocenters. The fraction of sp³-hybridized carbons (Fsp3) is 0.538. The van der Waals surface area contributed by atoms with E-state index in [1.807, 2.05) is 17.8 Å². The van der Waals surface area contributed by atoms with Crippen molar-refractivity contribution in [1.82, 2.24) is 0 Å². The molecule has 1 aliphatic rings. The molecular weight excluding hydrogens is 282 g/mol. The van der Waals surface area contributed by atoms with Gasteiger partial charge in [0, 0.05) is 20.3 Å². The van der Waals surface area contributed by atoms with Crippen molar-refractivity contribution in [1.29, 1.82) is 0 Å². The summed E-state index contributed by atoms with van der Waals surface area (Å²) in [5.41, 5.74) is 6.92. The van der Waals surface area contributed by atoms with Gasteiger partial charge in [-0.3, -0.25) is 0 Å². The van der Waals surface area contributed by atoms with Crippen molar-refractivity contribution < 1.29 is 0 Å². The largest absolute Gasteiger partial charge is 0.398 e. The Hall–Kier alpha value is -0.150. The van der Waals surface area contributed by atoms with Crippen LogP contribution in [0.1, 0.15) is 32.6 Å². The maximum atomic E-state index is 6.02. The monoisotopic (exact) mass is 299 g/mol. The molecule has 1 fully saturated rings. The zero-order chi connectivity index (χ0) is 11.5. The van der Waals surface area contributed by atoms with E-state index in [2.05, 4.69) is 35.0 Å². The molecule has 0 aromatic heterocycles. The number of nitrogen functional groups attached to an aromatic ring is 1. The summed E-state index contributed by atoms with van der Waals surface area (Å²) in [6, 6.07) is 6.19. The highest BCUT2D eigenvalue weighted by atomic mass is 79.9. The molecule has 1 aliphatic carbocycles. The lowest BCUT2D eigenvalue weighted by atomic mass is 9.91. The van der Waals surface area contributed by atoms with Crippen LogP contribution in [0.5, 0.6) is 0 Å². The molecule has 2 rings (SSSR count). The van der Waals surface area contributed by atoms with Crippen molar-refractivity contribution in [3.05, 3.63) is 22.7 Å². The molecule has 16 heavy (non-hydrogen) atoms. The Morgan fingerprint density at radius 1 is 1.25 bits per heavy atom. The standard InChI is InChI=1S/C13H18BrNS/c1-9-2-5-11(6-3-9)16-13-7-4-10(14)8-12(13)15/h4,7-9,11H,2-3,5-6,15H2,1H3. The first-order valence-corrected chi connectivity index (χ1v) is 7.54. The number of hydrogen-bond donors (Lipinski definition) is 1. The highest BCUT2D eigenvalue weighted by molar-refractivity contribution is 9.10. The second kappa shape index (κ2) is 5.46. The van der Waals surface area contributed by atoms with E-state index in [0.29, 0.717) is 0 Å². The van der Waals surface area contributed by atoms with Crippen LogP contribution >= 0.6 is 27.7 Å². The van der Waals surface area contributed by atoms with Crippen LogP contribution in [-0.2, 0) is 0 Å². The summed E-state index contributed by atoms with van der Waals surface area (Å²) < 4.78 is 1.06. The molecule has 2 N–H and O–H groups in total. The van der Waals surface area contributed by atoms with Gasteiger partial charge in [-0.15, -0.1) is 11.8 Å². The molecule has 0 amide bonds. The van der Waals surface area contributed by atoms with E-state index in [0.717, 1.165) is 21.3 Å². The number of anilines is 1. The Morgan fingerprint density at radius 2 is 1.94 bits per heavy atom. The third kappa shape index (κ3) is 3.17. The highest BCUT2D eigenvalue weighted by Crippen LogP contribution is 2.38. The quantitative estimate of drug-likeness (QED) is 0.801. The molecule has 0 saturated heterocycles. The van der Waals surface area contributed by atoms with Crippen LogP contribution in [0.2, 0.25) is 0 Å². The first-order chi connectivity index (χ1) is 7.65. The summed E-state index contributed by atoms with van der Waals surface area (Å²) in [6.45, 7) is 2.36. The highest BCUT2D eigenvalue weighted by Gasteiger charge is 2.19. The van der Waals surface area contributed by atoms with E-state index in [-0.39, 0.29) is 0 Å². The van der Waals surface area contributed by atoms with Gasteiger partial charge in [0.25, 0.3) is 0 Å². The maximum absolute atomic E-state index is 6.02. The average Bonchev–Trinajstić information content (AvgIpc) is 2.25. The number of rotatable bonds is 2. The van der Waals surface area contributed by atoms with Crippen LogP contribution in [0, 0.1) is 5.92 Å². The third-order valence-corrected chi connectivity index (χ3v) is 5.15. The smallest absolute Gasteiger partial charge is 0.0463 e. The van der Waals surface area contributed by atoms with Crippen molar-refractivity contribution in [2.24, 2.45) is 5.92 Å². The summed E-state index contributed by atoms with van der Waals surface area (Å²) >= 11 is 5.40. The van der Waals surface area contributed by atoms with E-state index < -0.39 is 0 Å². The van der Waals surface area contributed by atoms with Crippen LogP contribution in [-0.4, -0.2) is 5.25 Å². The van der Waals surface area contributed by atoms with Gasteiger partial charge < -0.3 is 5.73 Å². The molecule has 0 aliphatic heterocycles. The normalized spacial score (nSPS) is 25.6. The number of thioether (sulfide) groups is 1. The van der Waals surface area contributed by atoms with Gasteiger partial charge in [-0.25, -0.2) is 0 Å². The fourth-order valence-electron chi connectivity index (χ4n) is 2.15. The number of hydrogen-bond acceptors (Lipinski definition) is 2. The van der Waals surface area contributed by atoms with Crippen molar-refractivity contribution in [2.45, 2.75) is 42.8 Å². The Labute approximate surface area is 110 Å². The molecule has 1 aromatic carbocycles. The molecule has 3 heteroatoms. The molecule has 0 radical (unpaired) electrons. The molecule has 1 nitrogen and oxygen atoms in total. The maximum Gasteiger partial charge on any atom is 0.0463 e. The SMILES string of the molecule is CC1CCC(Sc2ccc(Br)cc2N)CC1. The minimum absolute atomic E-state index is 0.764. The molecular formula is C13H18BrNS. The molecule has 0 unspecified atom stereocenters. The minimum atomic E-state index is 0.764. The van der Waals surface area contributed by atoms with Crippen LogP contribution < -0.4 is 5.73 Å². The van der Waals surface area contributed by atoms with Gasteiger partial charge in [0.05, 0.1) is 0 Å². The summed E-state index contributed by atoms with van der Waals surface area (Å²) in [7, 11) is 0. The van der Waals surface area contributed by atoms with Crippen molar-refractivity contribution in [3.8, 4) is 0 Å². The van der Waals surface area contributed by atoms with E-state index in [9.17, 15) is 0 Å². The summed E-state index contributed by atoms with van der Waals surface area (Å²) in [6.07, 6.45) is 5.41. The van der Waals surface area contributed by atoms with Crippen LogP contribution in [0.25, 0.3) is 0 Å². The van der Waals surface area contributed by atoms with Crippen molar-refractivity contribution >= 4 is 33.4 Å². The number of halogens is 1. The van der Waals surface area contributed by atoms with Gasteiger partial charge >= 0.3 is 0 Å². The second-order valence-corrected chi connectivity index (χ2v) is 6.94. The fourth-order valence-corrected chi connectivity index (χ4v) is 3.74. The second-order valence-electron chi connectivity index (χ2n) is 4.68. The zero-order valence-corrected chi connectivity index (χ0v) is 12.0. The van der Waals surface area contributed by atoms with Gasteiger partial charge in [-0.1, -0.05) is 22.9 Å². The van der Waals surface area contributed by atoms with Gasteiger partial charge in [-0.05, 0) is 49.8 Å². The van der Waals surface area contributed by atoms with Crippen molar-refractivity contribution in [2.75, 3.05) is 5.73 Å². The summed E-state index contributed by atoms with van der Waals surface area (Å²) in [5, 5.41) is 0.764. The molecule has 0 bridgehead atoms. The summed E-state index contributed by atoms with van der Waals surface area (Å²) in [4.78, 5) is 1.24. The van der Waals surface area contributed by atoms with Crippen LogP contribution in [0.3, 0.4) is 0 Å². The Morgan fingerprint density at radius 3 is 2.56 bits per heavy atom. The summed E-state index contributed by atoms with van der Waals surface area (Å²) in [5.74, 6) is 0.916. The van der Waals surface area contributed by atoms with Gasteiger partial charge in [0.1, 0.15) is 0 Å². The predicted octanol–water partition coefficient (Wildman–Crippen LogP) is 4.70. The Balaban J connectivity index is 1.98. The first kappa shape index (κ1) is 12.3. The van der Waals surface area contributed by atoms with E-state index >= 15 is 0 Å².